The van der Waals surface area contributed by atoms with Crippen LogP contribution in [0.25, 0.3) is 6.08 Å². The number of amides is 1. The van der Waals surface area contributed by atoms with Gasteiger partial charge >= 0.3 is 0 Å². The van der Waals surface area contributed by atoms with Crippen LogP contribution in [0.5, 0.6) is 5.75 Å². The number of nitrogens with zero attached hydrogens (tertiary/aromatic N) is 3. The zero-order valence-electron chi connectivity index (χ0n) is 13.1. The molecule has 0 atom stereocenters. The number of non-ortho nitro benzene ring substituents is 1. The van der Waals surface area contributed by atoms with Crippen molar-refractivity contribution in [3.05, 3.63) is 73.8 Å². The highest BCUT2D eigenvalue weighted by molar-refractivity contribution is 9.10. The van der Waals surface area contributed by atoms with Crippen molar-refractivity contribution in [2.45, 2.75) is 0 Å². The van der Waals surface area contributed by atoms with E-state index in [1.165, 1.54) is 42.6 Å². The molecule has 8 nitrogen and oxygen atoms in total. The molecule has 0 aliphatic carbocycles. The molecule has 130 valence electrons. The Bertz CT molecular complexity index is 963. The van der Waals surface area contributed by atoms with Crippen molar-refractivity contribution < 1.29 is 14.8 Å². The maximum atomic E-state index is 12.0. The second-order valence-electron chi connectivity index (χ2n) is 4.92. The SMILES string of the molecule is N#CC(=Cc1cccc([N+](=O)[O-])c1)C(=O)NN=Cc1cc(Br)ccc1O. The normalized spacial score (nSPS) is 11.2. The number of nitro groups is 1. The number of carbonyl (C=O) groups is 1. The number of benzene rings is 2. The van der Waals surface area contributed by atoms with Gasteiger partial charge in [-0.2, -0.15) is 10.4 Å². The van der Waals surface area contributed by atoms with Gasteiger partial charge < -0.3 is 5.11 Å². The molecule has 2 aromatic carbocycles. The lowest BCUT2D eigenvalue weighted by atomic mass is 10.1. The number of rotatable bonds is 5. The molecule has 0 saturated heterocycles. The highest BCUT2D eigenvalue weighted by Crippen LogP contribution is 2.20. The minimum Gasteiger partial charge on any atom is -0.507 e. The van der Waals surface area contributed by atoms with E-state index in [1.807, 2.05) is 0 Å². The lowest BCUT2D eigenvalue weighted by molar-refractivity contribution is -0.384. The summed E-state index contributed by atoms with van der Waals surface area (Å²) in [6.07, 6.45) is 2.44. The van der Waals surface area contributed by atoms with Crippen molar-refractivity contribution in [2.75, 3.05) is 0 Å². The first-order chi connectivity index (χ1) is 12.4. The zero-order valence-corrected chi connectivity index (χ0v) is 14.7. The van der Waals surface area contributed by atoms with Gasteiger partial charge in [0, 0.05) is 22.2 Å². The Hall–Kier alpha value is -3.51. The van der Waals surface area contributed by atoms with E-state index in [0.29, 0.717) is 15.6 Å². The summed E-state index contributed by atoms with van der Waals surface area (Å²) in [4.78, 5) is 22.2. The Morgan fingerprint density at radius 3 is 2.81 bits per heavy atom. The summed E-state index contributed by atoms with van der Waals surface area (Å²) in [7, 11) is 0. The summed E-state index contributed by atoms with van der Waals surface area (Å²) in [5.74, 6) is -0.816. The third-order valence-electron chi connectivity index (χ3n) is 3.12. The van der Waals surface area contributed by atoms with Gasteiger partial charge in [0.15, 0.2) is 0 Å². The summed E-state index contributed by atoms with van der Waals surface area (Å²) >= 11 is 3.24. The van der Waals surface area contributed by atoms with E-state index in [-0.39, 0.29) is 17.0 Å². The second kappa shape index (κ2) is 8.55. The van der Waals surface area contributed by atoms with Gasteiger partial charge in [0.05, 0.1) is 11.1 Å². The fourth-order valence-electron chi connectivity index (χ4n) is 1.89. The minimum atomic E-state index is -0.787. The number of nitro benzene ring substituents is 1. The van der Waals surface area contributed by atoms with E-state index >= 15 is 0 Å². The van der Waals surface area contributed by atoms with Gasteiger partial charge in [-0.15, -0.1) is 0 Å². The number of carbonyl (C=O) groups excluding carboxylic acids is 1. The predicted molar refractivity (Wildman–Crippen MR) is 98.2 cm³/mol. The fraction of sp³-hybridized carbons (Fsp3) is 0. The largest absolute Gasteiger partial charge is 0.507 e. The molecule has 0 bridgehead atoms. The molecule has 2 rings (SSSR count). The summed E-state index contributed by atoms with van der Waals surface area (Å²) in [5, 5.41) is 33.3. The Balaban J connectivity index is 2.15. The van der Waals surface area contributed by atoms with Crippen LogP contribution >= 0.6 is 15.9 Å². The smallest absolute Gasteiger partial charge is 0.282 e. The third-order valence-corrected chi connectivity index (χ3v) is 3.61. The average molecular weight is 415 g/mol. The number of nitrogens with one attached hydrogen (secondary N) is 1. The number of phenolic OH excluding ortho intramolecular Hbond substituents is 1. The van der Waals surface area contributed by atoms with Crippen molar-refractivity contribution in [1.82, 2.24) is 5.43 Å². The van der Waals surface area contributed by atoms with E-state index in [4.69, 9.17) is 5.26 Å². The minimum absolute atomic E-state index is 0.0288. The maximum absolute atomic E-state index is 12.0. The molecule has 2 N–H and O–H groups in total. The molecular formula is C17H11BrN4O4. The summed E-state index contributed by atoms with van der Waals surface area (Å²) in [6, 6.07) is 11.9. The molecule has 0 heterocycles. The molecule has 0 aliphatic heterocycles. The van der Waals surface area contributed by atoms with Crippen LogP contribution in [0.4, 0.5) is 5.69 Å². The van der Waals surface area contributed by atoms with Gasteiger partial charge in [-0.1, -0.05) is 28.1 Å². The predicted octanol–water partition coefficient (Wildman–Crippen LogP) is 3.12. The third kappa shape index (κ3) is 4.99. The average Bonchev–Trinajstić information content (AvgIpc) is 2.62. The lowest BCUT2D eigenvalue weighted by Gasteiger charge is -2.01. The monoisotopic (exact) mass is 414 g/mol. The molecule has 26 heavy (non-hydrogen) atoms. The van der Waals surface area contributed by atoms with Gasteiger partial charge in [0.25, 0.3) is 11.6 Å². The van der Waals surface area contributed by atoms with Crippen LogP contribution < -0.4 is 5.43 Å². The van der Waals surface area contributed by atoms with Crippen LogP contribution in [0, 0.1) is 21.4 Å². The molecule has 0 aromatic heterocycles. The Morgan fingerprint density at radius 2 is 2.12 bits per heavy atom. The van der Waals surface area contributed by atoms with E-state index in [9.17, 15) is 20.0 Å². The molecule has 9 heteroatoms. The van der Waals surface area contributed by atoms with Crippen LogP contribution in [0.15, 0.2) is 57.6 Å². The van der Waals surface area contributed by atoms with Crippen molar-refractivity contribution in [3.63, 3.8) is 0 Å². The molecule has 0 aliphatic rings. The standard InChI is InChI=1S/C17H11BrN4O4/c18-14-4-5-16(23)13(8-14)10-20-21-17(24)12(9-19)6-11-2-1-3-15(7-11)22(25)26/h1-8,10,23H,(H,21,24). The van der Waals surface area contributed by atoms with E-state index in [2.05, 4.69) is 26.5 Å². The first-order valence-corrected chi connectivity index (χ1v) is 7.88. The van der Waals surface area contributed by atoms with Gasteiger partial charge in [-0.25, -0.2) is 5.43 Å². The van der Waals surface area contributed by atoms with Gasteiger partial charge in [0.1, 0.15) is 17.4 Å². The summed E-state index contributed by atoms with van der Waals surface area (Å²) < 4.78 is 0.714. The molecule has 0 radical (unpaired) electrons. The molecule has 1 amide bonds. The van der Waals surface area contributed by atoms with E-state index < -0.39 is 10.8 Å². The first kappa shape index (κ1) is 18.8. The van der Waals surface area contributed by atoms with E-state index in [0.717, 1.165) is 0 Å². The number of phenols is 1. The second-order valence-corrected chi connectivity index (χ2v) is 5.84. The lowest BCUT2D eigenvalue weighted by Crippen LogP contribution is -2.19. The van der Waals surface area contributed by atoms with Gasteiger partial charge in [0.2, 0.25) is 0 Å². The fourth-order valence-corrected chi connectivity index (χ4v) is 2.27. The summed E-state index contributed by atoms with van der Waals surface area (Å²) in [5.41, 5.74) is 2.43. The molecule has 2 aromatic rings. The van der Waals surface area contributed by atoms with Crippen molar-refractivity contribution in [1.29, 1.82) is 5.26 Å². The number of hydrogen-bond donors (Lipinski definition) is 2. The number of hydrazone groups is 1. The molecule has 0 spiro atoms. The topological polar surface area (TPSA) is 129 Å². The highest BCUT2D eigenvalue weighted by atomic mass is 79.9. The maximum Gasteiger partial charge on any atom is 0.282 e. The number of aromatic hydroxyl groups is 1. The van der Waals surface area contributed by atoms with Gasteiger partial charge in [-0.05, 0) is 29.8 Å². The number of nitriles is 1. The molecule has 0 unspecified atom stereocenters. The van der Waals surface area contributed by atoms with Crippen LogP contribution in [0.2, 0.25) is 0 Å². The van der Waals surface area contributed by atoms with Crippen molar-refractivity contribution in [3.8, 4) is 11.8 Å². The van der Waals surface area contributed by atoms with Crippen molar-refractivity contribution >= 4 is 39.8 Å². The molecular weight excluding hydrogens is 404 g/mol. The van der Waals surface area contributed by atoms with Gasteiger partial charge in [-0.3, -0.25) is 14.9 Å². The van der Waals surface area contributed by atoms with Crippen molar-refractivity contribution in [2.24, 2.45) is 5.10 Å². The van der Waals surface area contributed by atoms with Crippen LogP contribution in [0.3, 0.4) is 0 Å². The quantitative estimate of drug-likeness (QED) is 0.255. The molecule has 0 fully saturated rings. The van der Waals surface area contributed by atoms with E-state index in [1.54, 1.807) is 18.2 Å². The first-order valence-electron chi connectivity index (χ1n) is 7.09. The number of hydrogen-bond acceptors (Lipinski definition) is 6. The van der Waals surface area contributed by atoms with Crippen LogP contribution in [-0.4, -0.2) is 22.2 Å². The number of halogens is 1. The summed E-state index contributed by atoms with van der Waals surface area (Å²) in [6.45, 7) is 0. The zero-order chi connectivity index (χ0) is 19.1. The Kier molecular flexibility index (Phi) is 6.19. The molecule has 0 saturated carbocycles. The van der Waals surface area contributed by atoms with Crippen LogP contribution in [0.1, 0.15) is 11.1 Å². The highest BCUT2D eigenvalue weighted by Gasteiger charge is 2.10. The Morgan fingerprint density at radius 1 is 1.35 bits per heavy atom. The Labute approximate surface area is 156 Å². The van der Waals surface area contributed by atoms with Crippen LogP contribution in [-0.2, 0) is 4.79 Å².